The minimum absolute atomic E-state index is 0.237. The first kappa shape index (κ1) is 14.8. The quantitative estimate of drug-likeness (QED) is 0.914. The molecule has 2 atom stereocenters. The zero-order chi connectivity index (χ0) is 14.7. The minimum atomic E-state index is -0.354. The van der Waals surface area contributed by atoms with E-state index in [1.807, 2.05) is 26.0 Å². The molecule has 0 saturated carbocycles. The van der Waals surface area contributed by atoms with Crippen molar-refractivity contribution < 1.29 is 9.13 Å². The van der Waals surface area contributed by atoms with Gasteiger partial charge >= 0.3 is 0 Å². The molecular formula is C16H17ClFNO. The molecule has 0 aliphatic carbocycles. The molecule has 2 unspecified atom stereocenters. The van der Waals surface area contributed by atoms with Crippen LogP contribution in [0.25, 0.3) is 0 Å². The maximum absolute atomic E-state index is 13.0. The van der Waals surface area contributed by atoms with Crippen LogP contribution in [0.1, 0.15) is 24.2 Å². The van der Waals surface area contributed by atoms with Gasteiger partial charge in [-0.2, -0.15) is 0 Å². The lowest BCUT2D eigenvalue weighted by molar-refractivity contribution is 0.179. The van der Waals surface area contributed by atoms with Crippen molar-refractivity contribution in [3.8, 4) is 5.75 Å². The highest BCUT2D eigenvalue weighted by Gasteiger charge is 2.19. The normalized spacial score (nSPS) is 13.8. The minimum Gasteiger partial charge on any atom is -0.484 e. The molecule has 0 aromatic heterocycles. The first-order valence-electron chi connectivity index (χ1n) is 6.41. The van der Waals surface area contributed by atoms with Gasteiger partial charge in [0.25, 0.3) is 0 Å². The zero-order valence-electron chi connectivity index (χ0n) is 11.4. The predicted octanol–water partition coefficient (Wildman–Crippen LogP) is 4.25. The average Bonchev–Trinajstić information content (AvgIpc) is 2.40. The summed E-state index contributed by atoms with van der Waals surface area (Å²) in [5, 5.41) is 0.605. The van der Waals surface area contributed by atoms with Crippen LogP contribution in [-0.4, -0.2) is 6.04 Å². The summed E-state index contributed by atoms with van der Waals surface area (Å²) >= 11 is 5.99. The van der Waals surface area contributed by atoms with Gasteiger partial charge in [-0.1, -0.05) is 29.8 Å². The van der Waals surface area contributed by atoms with Gasteiger partial charge in [-0.3, -0.25) is 0 Å². The van der Waals surface area contributed by atoms with E-state index in [1.165, 1.54) is 12.1 Å². The Morgan fingerprint density at radius 2 is 1.80 bits per heavy atom. The molecule has 2 aromatic rings. The summed E-state index contributed by atoms with van der Waals surface area (Å²) in [6.45, 7) is 3.79. The van der Waals surface area contributed by atoms with Gasteiger partial charge in [-0.25, -0.2) is 4.39 Å². The van der Waals surface area contributed by atoms with Crippen molar-refractivity contribution in [3.05, 3.63) is 64.4 Å². The Morgan fingerprint density at radius 3 is 2.40 bits per heavy atom. The van der Waals surface area contributed by atoms with E-state index in [-0.39, 0.29) is 18.0 Å². The fourth-order valence-electron chi connectivity index (χ4n) is 1.97. The largest absolute Gasteiger partial charge is 0.484 e. The number of benzene rings is 2. The van der Waals surface area contributed by atoms with Crippen molar-refractivity contribution in [1.82, 2.24) is 0 Å². The Bertz CT molecular complexity index is 584. The number of hydrogen-bond acceptors (Lipinski definition) is 2. The van der Waals surface area contributed by atoms with Gasteiger partial charge < -0.3 is 10.5 Å². The molecule has 0 radical (unpaired) electrons. The van der Waals surface area contributed by atoms with Crippen LogP contribution in [0.4, 0.5) is 4.39 Å². The van der Waals surface area contributed by atoms with E-state index in [4.69, 9.17) is 22.1 Å². The molecule has 0 aliphatic rings. The molecule has 0 aliphatic heterocycles. The monoisotopic (exact) mass is 293 g/mol. The van der Waals surface area contributed by atoms with E-state index in [2.05, 4.69) is 0 Å². The lowest BCUT2D eigenvalue weighted by atomic mass is 10.0. The summed E-state index contributed by atoms with van der Waals surface area (Å²) in [7, 11) is 0. The van der Waals surface area contributed by atoms with Crippen molar-refractivity contribution in [2.24, 2.45) is 5.73 Å². The molecular weight excluding hydrogens is 277 g/mol. The molecule has 2 aromatic carbocycles. The topological polar surface area (TPSA) is 35.2 Å². The third-order valence-corrected chi connectivity index (χ3v) is 3.32. The summed E-state index contributed by atoms with van der Waals surface area (Å²) in [5.41, 5.74) is 7.80. The maximum atomic E-state index is 13.0. The van der Waals surface area contributed by atoms with Crippen LogP contribution in [0.3, 0.4) is 0 Å². The molecule has 20 heavy (non-hydrogen) atoms. The summed E-state index contributed by atoms with van der Waals surface area (Å²) in [6.07, 6.45) is -0.354. The van der Waals surface area contributed by atoms with E-state index in [9.17, 15) is 4.39 Å². The van der Waals surface area contributed by atoms with Gasteiger partial charge in [-0.05, 0) is 49.2 Å². The first-order chi connectivity index (χ1) is 9.47. The number of ether oxygens (including phenoxy) is 1. The molecule has 2 rings (SSSR count). The summed E-state index contributed by atoms with van der Waals surface area (Å²) in [5.74, 6) is 0.403. The van der Waals surface area contributed by atoms with Crippen molar-refractivity contribution >= 4 is 11.6 Å². The van der Waals surface area contributed by atoms with Gasteiger partial charge in [0.1, 0.15) is 17.7 Å². The van der Waals surface area contributed by atoms with Gasteiger partial charge in [0.15, 0.2) is 0 Å². The zero-order valence-corrected chi connectivity index (χ0v) is 12.2. The second kappa shape index (κ2) is 6.25. The fourth-order valence-corrected chi connectivity index (χ4v) is 2.13. The summed E-state index contributed by atoms with van der Waals surface area (Å²) in [4.78, 5) is 0. The standard InChI is InChI=1S/C16H17ClFNO/c1-10-3-6-13(17)9-15(10)20-16(11(2)19)12-4-7-14(18)8-5-12/h3-9,11,16H,19H2,1-2H3. The highest BCUT2D eigenvalue weighted by molar-refractivity contribution is 6.30. The van der Waals surface area contributed by atoms with Crippen LogP contribution < -0.4 is 10.5 Å². The Hall–Kier alpha value is -1.58. The molecule has 106 valence electrons. The highest BCUT2D eigenvalue weighted by atomic mass is 35.5. The maximum Gasteiger partial charge on any atom is 0.138 e. The lowest BCUT2D eigenvalue weighted by Gasteiger charge is -2.24. The molecule has 0 saturated heterocycles. The molecule has 0 fully saturated rings. The number of halogens is 2. The molecule has 0 spiro atoms. The molecule has 4 heteroatoms. The first-order valence-corrected chi connectivity index (χ1v) is 6.79. The molecule has 0 amide bonds. The van der Waals surface area contributed by atoms with Crippen LogP contribution >= 0.6 is 11.6 Å². The number of rotatable bonds is 4. The van der Waals surface area contributed by atoms with E-state index >= 15 is 0 Å². The number of aryl methyl sites for hydroxylation is 1. The van der Waals surface area contributed by atoms with Crippen LogP contribution in [0.15, 0.2) is 42.5 Å². The Kier molecular flexibility index (Phi) is 4.63. The summed E-state index contributed by atoms with van der Waals surface area (Å²) in [6, 6.07) is 11.4. The van der Waals surface area contributed by atoms with Crippen LogP contribution in [0.2, 0.25) is 5.02 Å². The fraction of sp³-hybridized carbons (Fsp3) is 0.250. The number of nitrogens with two attached hydrogens (primary N) is 1. The van der Waals surface area contributed by atoms with Gasteiger partial charge in [0, 0.05) is 11.1 Å². The lowest BCUT2D eigenvalue weighted by Crippen LogP contribution is -2.29. The molecule has 0 bridgehead atoms. The third-order valence-electron chi connectivity index (χ3n) is 3.08. The van der Waals surface area contributed by atoms with Gasteiger partial charge in [-0.15, -0.1) is 0 Å². The molecule has 2 N–H and O–H groups in total. The van der Waals surface area contributed by atoms with E-state index in [0.717, 1.165) is 11.1 Å². The number of hydrogen-bond donors (Lipinski definition) is 1. The predicted molar refractivity (Wildman–Crippen MR) is 79.6 cm³/mol. The SMILES string of the molecule is Cc1ccc(Cl)cc1OC(c1ccc(F)cc1)C(C)N. The summed E-state index contributed by atoms with van der Waals surface area (Å²) < 4.78 is 19.0. The van der Waals surface area contributed by atoms with Crippen molar-refractivity contribution in [3.63, 3.8) is 0 Å². The van der Waals surface area contributed by atoms with Crippen molar-refractivity contribution in [1.29, 1.82) is 0 Å². The van der Waals surface area contributed by atoms with Gasteiger partial charge in [0.05, 0.1) is 0 Å². The van der Waals surface area contributed by atoms with Crippen molar-refractivity contribution in [2.45, 2.75) is 26.0 Å². The Balaban J connectivity index is 2.30. The highest BCUT2D eigenvalue weighted by Crippen LogP contribution is 2.29. The second-order valence-corrected chi connectivity index (χ2v) is 5.30. The van der Waals surface area contributed by atoms with E-state index in [1.54, 1.807) is 18.2 Å². The van der Waals surface area contributed by atoms with E-state index < -0.39 is 0 Å². The second-order valence-electron chi connectivity index (χ2n) is 4.86. The van der Waals surface area contributed by atoms with Gasteiger partial charge in [0.2, 0.25) is 0 Å². The van der Waals surface area contributed by atoms with E-state index in [0.29, 0.717) is 10.8 Å². The molecule has 0 heterocycles. The van der Waals surface area contributed by atoms with Crippen LogP contribution in [-0.2, 0) is 0 Å². The molecule has 2 nitrogen and oxygen atoms in total. The Morgan fingerprint density at radius 1 is 1.15 bits per heavy atom. The van der Waals surface area contributed by atoms with Crippen molar-refractivity contribution in [2.75, 3.05) is 0 Å². The average molecular weight is 294 g/mol. The Labute approximate surface area is 123 Å². The van der Waals surface area contributed by atoms with Crippen LogP contribution in [0.5, 0.6) is 5.75 Å². The third kappa shape index (κ3) is 3.50. The smallest absolute Gasteiger partial charge is 0.138 e. The van der Waals surface area contributed by atoms with Crippen LogP contribution in [0, 0.1) is 12.7 Å².